The van der Waals surface area contributed by atoms with Gasteiger partial charge in [-0.1, -0.05) is 31.9 Å². The molecule has 0 aliphatic heterocycles. The second-order valence-electron chi connectivity index (χ2n) is 5.00. The summed E-state index contributed by atoms with van der Waals surface area (Å²) < 4.78 is 11.4. The van der Waals surface area contributed by atoms with Gasteiger partial charge in [-0.25, -0.2) is 9.59 Å². The number of esters is 2. The molecule has 2 aromatic carbocycles. The first kappa shape index (κ1) is 19.3. The molecule has 6 nitrogen and oxygen atoms in total. The van der Waals surface area contributed by atoms with E-state index in [4.69, 9.17) is 9.47 Å². The smallest absolute Gasteiger partial charge is 0.364 e. The summed E-state index contributed by atoms with van der Waals surface area (Å²) >= 11 is 6.68. The van der Waals surface area contributed by atoms with Crippen LogP contribution in [-0.4, -0.2) is 31.8 Å². The van der Waals surface area contributed by atoms with Crippen molar-refractivity contribution in [2.75, 3.05) is 24.9 Å². The number of halogens is 2. The summed E-state index contributed by atoms with van der Waals surface area (Å²) in [6.45, 7) is 0. The zero-order valence-electron chi connectivity index (χ0n) is 13.5. The zero-order valence-corrected chi connectivity index (χ0v) is 16.7. The summed E-state index contributed by atoms with van der Waals surface area (Å²) in [6.07, 6.45) is 0. The van der Waals surface area contributed by atoms with Crippen molar-refractivity contribution in [2.45, 2.75) is 5.66 Å². The molecule has 2 rings (SSSR count). The molecule has 0 saturated heterocycles. The molecule has 0 aliphatic rings. The van der Waals surface area contributed by atoms with Gasteiger partial charge in [0.15, 0.2) is 0 Å². The van der Waals surface area contributed by atoms with E-state index < -0.39 is 17.6 Å². The lowest BCUT2D eigenvalue weighted by Gasteiger charge is -2.31. The number of hydrogen-bond acceptors (Lipinski definition) is 6. The molecule has 0 aliphatic carbocycles. The van der Waals surface area contributed by atoms with E-state index in [0.29, 0.717) is 11.4 Å². The second-order valence-corrected chi connectivity index (χ2v) is 6.83. The van der Waals surface area contributed by atoms with E-state index in [9.17, 15) is 9.59 Å². The van der Waals surface area contributed by atoms with E-state index >= 15 is 0 Å². The number of anilines is 2. The molecular formula is C17H16Br2N2O4. The van der Waals surface area contributed by atoms with Gasteiger partial charge >= 0.3 is 17.6 Å². The van der Waals surface area contributed by atoms with Crippen molar-refractivity contribution in [1.82, 2.24) is 0 Å². The third kappa shape index (κ3) is 4.52. The van der Waals surface area contributed by atoms with Crippen molar-refractivity contribution < 1.29 is 19.1 Å². The number of carbonyl (C=O) groups is 2. The highest BCUT2D eigenvalue weighted by molar-refractivity contribution is 9.10. The van der Waals surface area contributed by atoms with Gasteiger partial charge in [0.25, 0.3) is 0 Å². The van der Waals surface area contributed by atoms with Crippen LogP contribution in [0.15, 0.2) is 57.5 Å². The molecule has 0 amide bonds. The maximum atomic E-state index is 12.5. The van der Waals surface area contributed by atoms with Crippen LogP contribution in [-0.2, 0) is 19.1 Å². The standard InChI is InChI=1S/C17H16Br2N2O4/c1-24-15(22)17(16(23)25-2,20-13-7-3-11(18)4-8-13)21-14-9-5-12(19)6-10-14/h3-10,20-21H,1-2H3. The second kappa shape index (κ2) is 8.35. The highest BCUT2D eigenvalue weighted by atomic mass is 79.9. The van der Waals surface area contributed by atoms with Crippen LogP contribution in [0.2, 0.25) is 0 Å². The highest BCUT2D eigenvalue weighted by Gasteiger charge is 2.49. The molecule has 0 unspecified atom stereocenters. The Morgan fingerprint density at radius 1 is 0.760 bits per heavy atom. The number of ether oxygens (including phenoxy) is 2. The van der Waals surface area contributed by atoms with Crippen LogP contribution < -0.4 is 10.6 Å². The molecule has 0 heterocycles. The summed E-state index contributed by atoms with van der Waals surface area (Å²) in [5, 5.41) is 5.78. The van der Waals surface area contributed by atoms with Crippen LogP contribution >= 0.6 is 31.9 Å². The van der Waals surface area contributed by atoms with Crippen molar-refractivity contribution in [1.29, 1.82) is 0 Å². The van der Waals surface area contributed by atoms with Crippen molar-refractivity contribution in [2.24, 2.45) is 0 Å². The maximum absolute atomic E-state index is 12.5. The first-order valence-corrected chi connectivity index (χ1v) is 8.74. The molecular weight excluding hydrogens is 456 g/mol. The molecule has 132 valence electrons. The molecule has 0 radical (unpaired) electrons. The number of hydrogen-bond donors (Lipinski definition) is 2. The SMILES string of the molecule is COC(=O)C(Nc1ccc(Br)cc1)(Nc1ccc(Br)cc1)C(=O)OC. The average molecular weight is 472 g/mol. The number of rotatable bonds is 6. The van der Waals surface area contributed by atoms with Crippen LogP contribution in [0.4, 0.5) is 11.4 Å². The Hall–Kier alpha value is -2.06. The molecule has 2 aromatic rings. The maximum Gasteiger partial charge on any atom is 0.364 e. The Kier molecular flexibility index (Phi) is 6.44. The lowest BCUT2D eigenvalue weighted by atomic mass is 10.1. The third-order valence-electron chi connectivity index (χ3n) is 3.34. The summed E-state index contributed by atoms with van der Waals surface area (Å²) in [4.78, 5) is 25.0. The van der Waals surface area contributed by atoms with E-state index in [1.54, 1.807) is 48.5 Å². The number of nitrogens with one attached hydrogen (secondary N) is 2. The Labute approximate surface area is 162 Å². The Balaban J connectivity index is 2.46. The zero-order chi connectivity index (χ0) is 18.4. The van der Waals surface area contributed by atoms with Gasteiger partial charge in [0.2, 0.25) is 0 Å². The van der Waals surface area contributed by atoms with E-state index in [1.165, 1.54) is 14.2 Å². The van der Waals surface area contributed by atoms with Crippen LogP contribution in [0.1, 0.15) is 0 Å². The minimum Gasteiger partial charge on any atom is -0.465 e. The van der Waals surface area contributed by atoms with E-state index in [1.807, 2.05) is 0 Å². The quantitative estimate of drug-likeness (QED) is 0.379. The molecule has 0 aromatic heterocycles. The molecule has 8 heteroatoms. The van der Waals surface area contributed by atoms with Crippen molar-refractivity contribution in [3.05, 3.63) is 57.5 Å². The molecule has 25 heavy (non-hydrogen) atoms. The normalized spacial score (nSPS) is 10.7. The minimum absolute atomic E-state index is 0.531. The van der Waals surface area contributed by atoms with E-state index in [0.717, 1.165) is 8.95 Å². The van der Waals surface area contributed by atoms with Gasteiger partial charge < -0.3 is 20.1 Å². The third-order valence-corrected chi connectivity index (χ3v) is 4.39. The predicted octanol–water partition coefficient (Wildman–Crippen LogP) is 3.78. The summed E-state index contributed by atoms with van der Waals surface area (Å²) in [7, 11) is 2.40. The van der Waals surface area contributed by atoms with E-state index in [2.05, 4.69) is 42.5 Å². The van der Waals surface area contributed by atoms with Gasteiger partial charge in [-0.2, -0.15) is 0 Å². The number of carbonyl (C=O) groups excluding carboxylic acids is 2. The summed E-state index contributed by atoms with van der Waals surface area (Å²) in [5.41, 5.74) is -0.877. The van der Waals surface area contributed by atoms with Gasteiger partial charge in [-0.05, 0) is 48.5 Å². The molecule has 2 N–H and O–H groups in total. The van der Waals surface area contributed by atoms with Gasteiger partial charge in [0.05, 0.1) is 14.2 Å². The Bertz CT molecular complexity index is 683. The fourth-order valence-electron chi connectivity index (χ4n) is 2.12. The van der Waals surface area contributed by atoms with Crippen LogP contribution in [0.25, 0.3) is 0 Å². The summed E-state index contributed by atoms with van der Waals surface area (Å²) in [5.74, 6) is -1.66. The van der Waals surface area contributed by atoms with E-state index in [-0.39, 0.29) is 0 Å². The fraction of sp³-hybridized carbons (Fsp3) is 0.176. The van der Waals surface area contributed by atoms with Gasteiger partial charge in [0, 0.05) is 20.3 Å². The van der Waals surface area contributed by atoms with Gasteiger partial charge in [-0.15, -0.1) is 0 Å². The predicted molar refractivity (Wildman–Crippen MR) is 102 cm³/mol. The first-order valence-electron chi connectivity index (χ1n) is 7.15. The summed E-state index contributed by atoms with van der Waals surface area (Å²) in [6, 6.07) is 14.0. The Morgan fingerprint density at radius 2 is 1.08 bits per heavy atom. The van der Waals surface area contributed by atoms with Crippen LogP contribution in [0, 0.1) is 0 Å². The molecule has 0 bridgehead atoms. The molecule has 0 fully saturated rings. The monoisotopic (exact) mass is 470 g/mol. The van der Waals surface area contributed by atoms with Gasteiger partial charge in [-0.3, -0.25) is 0 Å². The first-order chi connectivity index (χ1) is 11.9. The largest absolute Gasteiger partial charge is 0.465 e. The number of benzene rings is 2. The topological polar surface area (TPSA) is 76.7 Å². The van der Waals surface area contributed by atoms with Crippen molar-refractivity contribution in [3.8, 4) is 0 Å². The molecule has 0 atom stereocenters. The molecule has 0 saturated carbocycles. The van der Waals surface area contributed by atoms with Crippen LogP contribution in [0.5, 0.6) is 0 Å². The van der Waals surface area contributed by atoms with Crippen molar-refractivity contribution >= 4 is 55.2 Å². The lowest BCUT2D eigenvalue weighted by Crippen LogP contribution is -2.60. The lowest BCUT2D eigenvalue weighted by molar-refractivity contribution is -0.158. The van der Waals surface area contributed by atoms with Gasteiger partial charge in [0.1, 0.15) is 0 Å². The number of methoxy groups -OCH3 is 2. The van der Waals surface area contributed by atoms with Crippen molar-refractivity contribution in [3.63, 3.8) is 0 Å². The van der Waals surface area contributed by atoms with Crippen LogP contribution in [0.3, 0.4) is 0 Å². The average Bonchev–Trinajstić information content (AvgIpc) is 2.63. The fourth-order valence-corrected chi connectivity index (χ4v) is 2.65. The Morgan fingerprint density at radius 3 is 1.36 bits per heavy atom. The highest BCUT2D eigenvalue weighted by Crippen LogP contribution is 2.24. The molecule has 0 spiro atoms. The minimum atomic E-state index is -1.94.